The van der Waals surface area contributed by atoms with Crippen molar-refractivity contribution < 1.29 is 9.84 Å². The summed E-state index contributed by atoms with van der Waals surface area (Å²) in [6.45, 7) is 4.57. The van der Waals surface area contributed by atoms with Gasteiger partial charge in [0.25, 0.3) is 0 Å². The van der Waals surface area contributed by atoms with Gasteiger partial charge in [-0.1, -0.05) is 25.1 Å². The highest BCUT2D eigenvalue weighted by molar-refractivity contribution is 5.78. The van der Waals surface area contributed by atoms with Gasteiger partial charge in [-0.05, 0) is 31.0 Å². The lowest BCUT2D eigenvalue weighted by Gasteiger charge is -2.22. The molecule has 3 nitrogen and oxygen atoms in total. The Morgan fingerprint density at radius 1 is 1.28 bits per heavy atom. The average molecular weight is 245 g/mol. The maximum absolute atomic E-state index is 10.3. The summed E-state index contributed by atoms with van der Waals surface area (Å²) in [5.41, 5.74) is 1.77. The Labute approximate surface area is 107 Å². The van der Waals surface area contributed by atoms with Crippen molar-refractivity contribution in [1.82, 2.24) is 4.98 Å². The van der Waals surface area contributed by atoms with E-state index >= 15 is 0 Å². The fourth-order valence-corrected chi connectivity index (χ4v) is 2.13. The Hall–Kier alpha value is -1.45. The quantitative estimate of drug-likeness (QED) is 0.880. The van der Waals surface area contributed by atoms with Crippen LogP contribution in [0.25, 0.3) is 10.9 Å². The molecule has 0 bridgehead atoms. The molecule has 0 radical (unpaired) electrons. The summed E-state index contributed by atoms with van der Waals surface area (Å²) < 4.78 is 5.55. The number of aliphatic hydroxyl groups is 1. The first-order chi connectivity index (χ1) is 8.76. The van der Waals surface area contributed by atoms with Crippen LogP contribution in [0.2, 0.25) is 0 Å². The van der Waals surface area contributed by atoms with Crippen molar-refractivity contribution in [2.75, 3.05) is 6.61 Å². The number of aliphatic hydroxyl groups excluding tert-OH is 1. The van der Waals surface area contributed by atoms with Gasteiger partial charge in [0.05, 0.1) is 11.6 Å². The molecule has 1 N–H and O–H groups in total. The van der Waals surface area contributed by atoms with Gasteiger partial charge < -0.3 is 9.84 Å². The summed E-state index contributed by atoms with van der Waals surface area (Å²) in [6.07, 6.45) is 1.80. The molecule has 1 aromatic heterocycles. The number of aromatic nitrogens is 1. The van der Waals surface area contributed by atoms with Crippen LogP contribution in [0.4, 0.5) is 0 Å². The Kier molecular flexibility index (Phi) is 4.28. The lowest BCUT2D eigenvalue weighted by molar-refractivity contribution is -0.0355. The number of rotatable bonds is 5. The zero-order valence-corrected chi connectivity index (χ0v) is 10.8. The molecule has 1 heterocycles. The first-order valence-corrected chi connectivity index (χ1v) is 6.40. The molecule has 0 aliphatic rings. The van der Waals surface area contributed by atoms with Crippen LogP contribution in [0.5, 0.6) is 0 Å². The SMILES string of the molecule is CCOC(CC)C(O)c1ccc2cccnc2c1. The Bertz CT molecular complexity index is 513. The molecule has 0 aliphatic heterocycles. The summed E-state index contributed by atoms with van der Waals surface area (Å²) in [6, 6.07) is 9.78. The van der Waals surface area contributed by atoms with E-state index in [-0.39, 0.29) is 6.10 Å². The smallest absolute Gasteiger partial charge is 0.105 e. The van der Waals surface area contributed by atoms with Crippen molar-refractivity contribution in [1.29, 1.82) is 0 Å². The van der Waals surface area contributed by atoms with E-state index in [2.05, 4.69) is 4.98 Å². The molecule has 0 spiro atoms. The first kappa shape index (κ1) is 13.0. The molecule has 18 heavy (non-hydrogen) atoms. The molecule has 2 rings (SSSR count). The van der Waals surface area contributed by atoms with Crippen LogP contribution < -0.4 is 0 Å². The van der Waals surface area contributed by atoms with Crippen LogP contribution in [-0.2, 0) is 4.74 Å². The fraction of sp³-hybridized carbons (Fsp3) is 0.400. The van der Waals surface area contributed by atoms with Crippen molar-refractivity contribution in [3.63, 3.8) is 0 Å². The maximum Gasteiger partial charge on any atom is 0.105 e. The highest BCUT2D eigenvalue weighted by Gasteiger charge is 2.19. The van der Waals surface area contributed by atoms with Crippen molar-refractivity contribution >= 4 is 10.9 Å². The zero-order chi connectivity index (χ0) is 13.0. The molecule has 3 heteroatoms. The predicted octanol–water partition coefficient (Wildman–Crippen LogP) is 3.08. The second-order valence-electron chi connectivity index (χ2n) is 4.30. The summed E-state index contributed by atoms with van der Waals surface area (Å²) in [7, 11) is 0. The van der Waals surface area contributed by atoms with Gasteiger partial charge in [0.2, 0.25) is 0 Å². The molecular formula is C15H19NO2. The van der Waals surface area contributed by atoms with Gasteiger partial charge in [0, 0.05) is 18.2 Å². The second-order valence-corrected chi connectivity index (χ2v) is 4.30. The molecule has 96 valence electrons. The van der Waals surface area contributed by atoms with E-state index in [1.54, 1.807) is 6.20 Å². The third-order valence-corrected chi connectivity index (χ3v) is 3.11. The maximum atomic E-state index is 10.3. The Morgan fingerprint density at radius 2 is 2.11 bits per heavy atom. The lowest BCUT2D eigenvalue weighted by Crippen LogP contribution is -2.21. The lowest BCUT2D eigenvalue weighted by atomic mass is 10.0. The van der Waals surface area contributed by atoms with Gasteiger partial charge in [0.15, 0.2) is 0 Å². The van der Waals surface area contributed by atoms with Crippen molar-refractivity contribution in [3.8, 4) is 0 Å². The molecule has 0 saturated heterocycles. The molecule has 2 atom stereocenters. The highest BCUT2D eigenvalue weighted by atomic mass is 16.5. The molecule has 0 saturated carbocycles. The molecule has 2 unspecified atom stereocenters. The van der Waals surface area contributed by atoms with E-state index in [1.807, 2.05) is 44.2 Å². The van der Waals surface area contributed by atoms with Gasteiger partial charge in [-0.3, -0.25) is 4.98 Å². The van der Waals surface area contributed by atoms with Crippen LogP contribution in [0, 0.1) is 0 Å². The van der Waals surface area contributed by atoms with Gasteiger partial charge in [-0.2, -0.15) is 0 Å². The van der Waals surface area contributed by atoms with Crippen molar-refractivity contribution in [2.24, 2.45) is 0 Å². The number of fused-ring (bicyclic) bond motifs is 1. The summed E-state index contributed by atoms with van der Waals surface area (Å²) in [5.74, 6) is 0. The minimum atomic E-state index is -0.596. The first-order valence-electron chi connectivity index (χ1n) is 6.40. The predicted molar refractivity (Wildman–Crippen MR) is 72.4 cm³/mol. The van der Waals surface area contributed by atoms with Gasteiger partial charge in [0.1, 0.15) is 6.10 Å². The van der Waals surface area contributed by atoms with Crippen LogP contribution in [0.1, 0.15) is 31.9 Å². The third-order valence-electron chi connectivity index (χ3n) is 3.11. The Balaban J connectivity index is 2.29. The van der Waals surface area contributed by atoms with E-state index in [1.165, 1.54) is 0 Å². The number of hydrogen-bond acceptors (Lipinski definition) is 3. The normalized spacial score (nSPS) is 14.6. The molecular weight excluding hydrogens is 226 g/mol. The zero-order valence-electron chi connectivity index (χ0n) is 10.8. The largest absolute Gasteiger partial charge is 0.386 e. The summed E-state index contributed by atoms with van der Waals surface area (Å²) >= 11 is 0. The number of hydrogen-bond donors (Lipinski definition) is 1. The summed E-state index contributed by atoms with van der Waals surface area (Å²) in [4.78, 5) is 4.30. The summed E-state index contributed by atoms with van der Waals surface area (Å²) in [5, 5.41) is 11.4. The van der Waals surface area contributed by atoms with Crippen molar-refractivity contribution in [2.45, 2.75) is 32.5 Å². The second kappa shape index (κ2) is 5.94. The minimum Gasteiger partial charge on any atom is -0.386 e. The van der Waals surface area contributed by atoms with E-state index in [9.17, 15) is 5.11 Å². The van der Waals surface area contributed by atoms with Crippen LogP contribution >= 0.6 is 0 Å². The number of nitrogens with zero attached hydrogens (tertiary/aromatic N) is 1. The van der Waals surface area contributed by atoms with E-state index in [0.29, 0.717) is 6.61 Å². The number of benzene rings is 1. The van der Waals surface area contributed by atoms with Crippen molar-refractivity contribution in [3.05, 3.63) is 42.1 Å². The standard InChI is InChI=1S/C15H19NO2/c1-3-14(18-4-2)15(17)12-8-7-11-6-5-9-16-13(11)10-12/h5-10,14-15,17H,3-4H2,1-2H3. The highest BCUT2D eigenvalue weighted by Crippen LogP contribution is 2.24. The number of pyridine rings is 1. The molecule has 1 aromatic carbocycles. The van der Waals surface area contributed by atoms with E-state index in [4.69, 9.17) is 4.74 Å². The van der Waals surface area contributed by atoms with E-state index < -0.39 is 6.10 Å². The monoisotopic (exact) mass is 245 g/mol. The number of ether oxygens (including phenoxy) is 1. The third kappa shape index (κ3) is 2.68. The van der Waals surface area contributed by atoms with Gasteiger partial charge >= 0.3 is 0 Å². The van der Waals surface area contributed by atoms with Crippen LogP contribution in [-0.4, -0.2) is 22.8 Å². The van der Waals surface area contributed by atoms with Crippen LogP contribution in [0.15, 0.2) is 36.5 Å². The van der Waals surface area contributed by atoms with Gasteiger partial charge in [-0.15, -0.1) is 0 Å². The molecule has 2 aromatic rings. The fourth-order valence-electron chi connectivity index (χ4n) is 2.13. The molecule has 0 aliphatic carbocycles. The Morgan fingerprint density at radius 3 is 2.83 bits per heavy atom. The molecule has 0 amide bonds. The minimum absolute atomic E-state index is 0.156. The van der Waals surface area contributed by atoms with Crippen LogP contribution in [0.3, 0.4) is 0 Å². The van der Waals surface area contributed by atoms with Gasteiger partial charge in [-0.25, -0.2) is 0 Å². The average Bonchev–Trinajstić information content (AvgIpc) is 2.43. The van der Waals surface area contributed by atoms with E-state index in [0.717, 1.165) is 22.9 Å². The molecule has 0 fully saturated rings. The topological polar surface area (TPSA) is 42.4 Å².